The Morgan fingerprint density at radius 2 is 0.609 bits per heavy atom. The summed E-state index contributed by atoms with van der Waals surface area (Å²) in [7, 11) is -9.56. The Labute approximate surface area is 134 Å². The minimum absolute atomic E-state index is 0.295. The summed E-state index contributed by atoms with van der Waals surface area (Å²) in [5, 5.41) is 68.4. The zero-order valence-corrected chi connectivity index (χ0v) is 14.8. The summed E-state index contributed by atoms with van der Waals surface area (Å²) >= 11 is 0. The number of aliphatic hydroxyl groups is 8. The molecule has 0 radical (unpaired) electrons. The fraction of sp³-hybridized carbons (Fsp3) is 1.00. The van der Waals surface area contributed by atoms with E-state index >= 15 is 0 Å². The lowest BCUT2D eigenvalue weighted by Gasteiger charge is -2.15. The predicted octanol–water partition coefficient (Wildman–Crippen LogP) is -3.73. The van der Waals surface area contributed by atoms with E-state index in [4.69, 9.17) is 58.4 Å². The van der Waals surface area contributed by atoms with E-state index in [1.165, 1.54) is 0 Å². The van der Waals surface area contributed by atoms with Crippen LogP contribution in [0.15, 0.2) is 0 Å². The van der Waals surface area contributed by atoms with Crippen LogP contribution in [0.1, 0.15) is 0 Å². The number of aliphatic hydroxyl groups excluding tert-OH is 8. The minimum Gasteiger partial charge on any atom is -0.759 e. The van der Waals surface area contributed by atoms with E-state index < -0.39 is 24.9 Å². The average molecular weight is 406 g/mol. The van der Waals surface area contributed by atoms with Gasteiger partial charge in [-0.05, 0) is 0 Å². The van der Waals surface area contributed by atoms with Crippen LogP contribution in [0.4, 0.5) is 0 Å². The summed E-state index contributed by atoms with van der Waals surface area (Å²) < 4.78 is 34.1. The highest BCUT2D eigenvalue weighted by atomic mass is 32.3. The lowest BCUT2D eigenvalue weighted by molar-refractivity contribution is 0.287. The van der Waals surface area contributed by atoms with Gasteiger partial charge in [0, 0.05) is 10.4 Å². The largest absolute Gasteiger partial charge is 0.759 e. The SMILES string of the molecule is O=S(=O)([O-])[O-].OC[P+](CO)(CO)CO.OC[P+](CO)(CO)CO. The van der Waals surface area contributed by atoms with E-state index in [0.717, 1.165) is 0 Å². The maximum atomic E-state index is 8.55. The molecule has 0 aromatic heterocycles. The molecule has 8 N–H and O–H groups in total. The van der Waals surface area contributed by atoms with E-state index in [1.807, 2.05) is 0 Å². The molecule has 0 rings (SSSR count). The summed E-state index contributed by atoms with van der Waals surface area (Å²) in [5.41, 5.74) is 0. The van der Waals surface area contributed by atoms with Crippen LogP contribution >= 0.6 is 14.5 Å². The number of hydrogen-bond donors (Lipinski definition) is 8. The molecule has 0 aliphatic carbocycles. The Kier molecular flexibility index (Phi) is 18.1. The summed E-state index contributed by atoms with van der Waals surface area (Å²) in [6, 6.07) is 0. The smallest absolute Gasteiger partial charge is 0.161 e. The van der Waals surface area contributed by atoms with Crippen LogP contribution < -0.4 is 0 Å². The molecule has 23 heavy (non-hydrogen) atoms. The van der Waals surface area contributed by atoms with Gasteiger partial charge in [-0.1, -0.05) is 0 Å². The summed E-state index contributed by atoms with van der Waals surface area (Å²) in [5.74, 6) is 0. The van der Waals surface area contributed by atoms with Gasteiger partial charge in [-0.15, -0.1) is 0 Å². The van der Waals surface area contributed by atoms with Crippen molar-refractivity contribution in [3.63, 3.8) is 0 Å². The molecule has 0 atom stereocenters. The third-order valence-electron chi connectivity index (χ3n) is 2.40. The Balaban J connectivity index is -0.000000273. The van der Waals surface area contributed by atoms with Gasteiger partial charge in [-0.2, -0.15) is 0 Å². The average Bonchev–Trinajstić information content (AvgIpc) is 2.52. The molecular formula is C8H24O12P2S. The van der Waals surface area contributed by atoms with Crippen LogP contribution in [-0.2, 0) is 10.4 Å². The molecule has 0 aliphatic rings. The molecule has 0 saturated heterocycles. The van der Waals surface area contributed by atoms with Gasteiger partial charge in [0.15, 0.2) is 50.8 Å². The van der Waals surface area contributed by atoms with Crippen molar-refractivity contribution in [1.82, 2.24) is 0 Å². The quantitative estimate of drug-likeness (QED) is 0.110. The third-order valence-corrected chi connectivity index (χ3v) is 7.20. The van der Waals surface area contributed by atoms with E-state index in [1.54, 1.807) is 0 Å². The molecule has 0 aliphatic heterocycles. The summed E-state index contributed by atoms with van der Waals surface area (Å²) in [4.78, 5) is 0. The molecular weight excluding hydrogens is 382 g/mol. The van der Waals surface area contributed by atoms with Crippen LogP contribution in [0.2, 0.25) is 0 Å². The van der Waals surface area contributed by atoms with Gasteiger partial charge >= 0.3 is 0 Å². The van der Waals surface area contributed by atoms with Crippen LogP contribution in [0.3, 0.4) is 0 Å². The predicted molar refractivity (Wildman–Crippen MR) is 81.0 cm³/mol. The van der Waals surface area contributed by atoms with Gasteiger partial charge in [0.1, 0.15) is 14.5 Å². The van der Waals surface area contributed by atoms with Gasteiger partial charge in [0.2, 0.25) is 0 Å². The van der Waals surface area contributed by atoms with Gasteiger partial charge in [-0.3, -0.25) is 8.42 Å². The van der Waals surface area contributed by atoms with Crippen LogP contribution in [0.25, 0.3) is 0 Å². The molecule has 12 nitrogen and oxygen atoms in total. The maximum absolute atomic E-state index is 8.55. The lowest BCUT2D eigenvalue weighted by atomic mass is 11.6. The molecule has 144 valence electrons. The first-order valence-corrected chi connectivity index (χ1v) is 12.1. The fourth-order valence-electron chi connectivity index (χ4n) is 0.537. The molecule has 0 unspecified atom stereocenters. The first-order chi connectivity index (χ1) is 10.5. The van der Waals surface area contributed by atoms with Crippen molar-refractivity contribution >= 4 is 24.9 Å². The summed E-state index contributed by atoms with van der Waals surface area (Å²) in [6.07, 6.45) is -2.36. The Hall–Kier alpha value is 0.410. The van der Waals surface area contributed by atoms with Crippen molar-refractivity contribution < 1.29 is 58.4 Å². The zero-order valence-electron chi connectivity index (χ0n) is 12.2. The molecule has 0 aromatic carbocycles. The van der Waals surface area contributed by atoms with E-state index in [9.17, 15) is 0 Å². The second-order valence-electron chi connectivity index (χ2n) is 4.22. The van der Waals surface area contributed by atoms with Crippen molar-refractivity contribution in [2.24, 2.45) is 0 Å². The van der Waals surface area contributed by atoms with Crippen molar-refractivity contribution in [3.8, 4) is 0 Å². The van der Waals surface area contributed by atoms with Crippen molar-refractivity contribution in [3.05, 3.63) is 0 Å². The van der Waals surface area contributed by atoms with Crippen LogP contribution in [-0.4, -0.2) is 109 Å². The number of rotatable bonds is 8. The van der Waals surface area contributed by atoms with Gasteiger partial charge < -0.3 is 50.0 Å². The molecule has 0 spiro atoms. The fourth-order valence-corrected chi connectivity index (χ4v) is 1.61. The topological polar surface area (TPSA) is 242 Å². The molecule has 0 amide bonds. The first-order valence-electron chi connectivity index (χ1n) is 5.73. The van der Waals surface area contributed by atoms with Crippen molar-refractivity contribution in [1.29, 1.82) is 0 Å². The molecule has 15 heteroatoms. The molecule has 0 fully saturated rings. The van der Waals surface area contributed by atoms with Gasteiger partial charge in [-0.25, -0.2) is 0 Å². The molecule has 0 heterocycles. The Morgan fingerprint density at radius 1 is 0.522 bits per heavy atom. The zero-order chi connectivity index (χ0) is 19.2. The minimum atomic E-state index is -5.17. The first kappa shape index (κ1) is 28.2. The summed E-state index contributed by atoms with van der Waals surface area (Å²) in [6.45, 7) is 0. The second kappa shape index (κ2) is 14.7. The lowest BCUT2D eigenvalue weighted by Crippen LogP contribution is -2.10. The Morgan fingerprint density at radius 3 is 0.609 bits per heavy atom. The molecule has 0 bridgehead atoms. The normalized spacial score (nSPS) is 11.9. The van der Waals surface area contributed by atoms with E-state index in [0.29, 0.717) is 0 Å². The highest BCUT2D eigenvalue weighted by molar-refractivity contribution is 7.79. The van der Waals surface area contributed by atoms with Gasteiger partial charge in [0.25, 0.3) is 0 Å². The number of hydrogen-bond acceptors (Lipinski definition) is 12. The third kappa shape index (κ3) is 15.7. The molecule has 0 aromatic rings. The van der Waals surface area contributed by atoms with Crippen molar-refractivity contribution in [2.75, 3.05) is 50.8 Å². The molecule has 0 saturated carbocycles. The second-order valence-corrected chi connectivity index (χ2v) is 12.7. The van der Waals surface area contributed by atoms with E-state index in [-0.39, 0.29) is 50.8 Å². The van der Waals surface area contributed by atoms with Crippen molar-refractivity contribution in [2.45, 2.75) is 0 Å². The van der Waals surface area contributed by atoms with Gasteiger partial charge in [0.05, 0.1) is 0 Å². The highest BCUT2D eigenvalue weighted by Crippen LogP contribution is 2.55. The Bertz CT molecular complexity index is 293. The standard InChI is InChI=1S/2C4H12O4P.H2O4S/c2*5-1-9(2-6,3-7)4-8;1-5(2,3)4/h2*5-8H,1-4H2;(H2,1,2,3,4)/q2*+1;/p-2. The van der Waals surface area contributed by atoms with Crippen LogP contribution in [0.5, 0.6) is 0 Å². The maximum Gasteiger partial charge on any atom is 0.161 e. The van der Waals surface area contributed by atoms with Crippen LogP contribution in [0, 0.1) is 0 Å². The monoisotopic (exact) mass is 406 g/mol. The van der Waals surface area contributed by atoms with E-state index in [2.05, 4.69) is 0 Å². The highest BCUT2D eigenvalue weighted by Gasteiger charge is 2.35.